The van der Waals surface area contributed by atoms with Crippen LogP contribution in [0, 0.1) is 18.3 Å². The van der Waals surface area contributed by atoms with Crippen LogP contribution in [0.25, 0.3) is 10.9 Å². The zero-order valence-corrected chi connectivity index (χ0v) is 14.7. The van der Waals surface area contributed by atoms with Crippen LogP contribution < -0.4 is 5.43 Å². The van der Waals surface area contributed by atoms with Crippen molar-refractivity contribution in [3.63, 3.8) is 0 Å². The zero-order chi connectivity index (χ0) is 18.2. The summed E-state index contributed by atoms with van der Waals surface area (Å²) < 4.78 is 41.3. The van der Waals surface area contributed by atoms with Crippen LogP contribution in [-0.4, -0.2) is 43.7 Å². The van der Waals surface area contributed by atoms with E-state index in [1.807, 2.05) is 0 Å². The van der Waals surface area contributed by atoms with Crippen molar-refractivity contribution in [2.24, 2.45) is 10.2 Å². The molecule has 1 aliphatic rings. The van der Waals surface area contributed by atoms with Crippen molar-refractivity contribution in [1.29, 1.82) is 5.53 Å². The van der Waals surface area contributed by atoms with Crippen molar-refractivity contribution in [3.8, 4) is 0 Å². The number of hydrogen-bond acceptors (Lipinski definition) is 5. The summed E-state index contributed by atoms with van der Waals surface area (Å²) in [4.78, 5) is 2.69. The molecule has 0 saturated carbocycles. The third kappa shape index (κ3) is 2.91. The van der Waals surface area contributed by atoms with Gasteiger partial charge in [-0.2, -0.15) is 9.41 Å². The first-order valence-electron chi connectivity index (χ1n) is 7.84. The molecule has 25 heavy (non-hydrogen) atoms. The van der Waals surface area contributed by atoms with Gasteiger partial charge in [0.25, 0.3) is 10.0 Å². The second-order valence-corrected chi connectivity index (χ2v) is 7.76. The van der Waals surface area contributed by atoms with Crippen molar-refractivity contribution in [2.45, 2.75) is 24.8 Å². The summed E-state index contributed by atoms with van der Waals surface area (Å²) in [5.74, 6) is -0.512. The number of amidine groups is 1. The fraction of sp³-hybridized carbons (Fsp3) is 0.400. The van der Waals surface area contributed by atoms with E-state index in [4.69, 9.17) is 5.53 Å². The van der Waals surface area contributed by atoms with E-state index in [2.05, 4.69) is 20.6 Å². The SMILES string of the molecule is CN/N=C(\N=N)c1c(C)cc(F)c2[nH]c(S(=O)(=O)N3CCCC3)cc12. The van der Waals surface area contributed by atoms with Crippen LogP contribution in [0.3, 0.4) is 0 Å². The molecule has 0 aliphatic carbocycles. The van der Waals surface area contributed by atoms with Crippen LogP contribution in [0.15, 0.2) is 27.4 Å². The number of H-pyrrole nitrogens is 1. The smallest absolute Gasteiger partial charge is 0.258 e. The maximum absolute atomic E-state index is 14.4. The predicted octanol–water partition coefficient (Wildman–Crippen LogP) is 2.31. The normalized spacial score (nSPS) is 16.5. The Labute approximate surface area is 144 Å². The van der Waals surface area contributed by atoms with Gasteiger partial charge in [-0.1, -0.05) is 0 Å². The molecule has 2 aromatic rings. The highest BCUT2D eigenvalue weighted by molar-refractivity contribution is 7.89. The lowest BCUT2D eigenvalue weighted by Crippen LogP contribution is -2.28. The molecular formula is C15H19FN6O2S. The van der Waals surface area contributed by atoms with E-state index in [1.54, 1.807) is 14.0 Å². The summed E-state index contributed by atoms with van der Waals surface area (Å²) in [5.41, 5.74) is 10.9. The van der Waals surface area contributed by atoms with Gasteiger partial charge in [-0.3, -0.25) is 0 Å². The van der Waals surface area contributed by atoms with E-state index in [0.29, 0.717) is 29.6 Å². The minimum atomic E-state index is -3.71. The molecule has 0 spiro atoms. The third-order valence-electron chi connectivity index (χ3n) is 4.27. The van der Waals surface area contributed by atoms with Crippen LogP contribution in [0.1, 0.15) is 24.0 Å². The first kappa shape index (κ1) is 17.5. The first-order valence-corrected chi connectivity index (χ1v) is 9.28. The highest BCUT2D eigenvalue weighted by Crippen LogP contribution is 2.30. The number of aromatic amines is 1. The van der Waals surface area contributed by atoms with Gasteiger partial charge in [0.05, 0.1) is 5.52 Å². The number of nitrogens with one attached hydrogen (secondary N) is 3. The summed E-state index contributed by atoms with van der Waals surface area (Å²) in [6, 6.07) is 2.67. The highest BCUT2D eigenvalue weighted by atomic mass is 32.2. The number of nitrogens with zero attached hydrogens (tertiary/aromatic N) is 3. The van der Waals surface area contributed by atoms with Crippen molar-refractivity contribution in [1.82, 2.24) is 14.7 Å². The highest BCUT2D eigenvalue weighted by Gasteiger charge is 2.30. The Bertz CT molecular complexity index is 960. The fourth-order valence-electron chi connectivity index (χ4n) is 3.11. The number of hydrogen-bond donors (Lipinski definition) is 3. The van der Waals surface area contributed by atoms with Gasteiger partial charge in [0.1, 0.15) is 10.8 Å². The van der Waals surface area contributed by atoms with Gasteiger partial charge in [-0.25, -0.2) is 18.3 Å². The number of aryl methyl sites for hydroxylation is 1. The van der Waals surface area contributed by atoms with Gasteiger partial charge in [-0.05, 0) is 37.5 Å². The Morgan fingerprint density at radius 1 is 1.36 bits per heavy atom. The van der Waals surface area contributed by atoms with Gasteiger partial charge in [0, 0.05) is 31.1 Å². The molecule has 1 aromatic carbocycles. The lowest BCUT2D eigenvalue weighted by Gasteiger charge is -2.13. The lowest BCUT2D eigenvalue weighted by molar-refractivity contribution is 0.475. The minimum absolute atomic E-state index is 0.0501. The molecule has 0 amide bonds. The number of aromatic nitrogens is 1. The minimum Gasteiger partial charge on any atom is -0.342 e. The summed E-state index contributed by atoms with van der Waals surface area (Å²) >= 11 is 0. The largest absolute Gasteiger partial charge is 0.342 e. The van der Waals surface area contributed by atoms with Gasteiger partial charge >= 0.3 is 0 Å². The standard InChI is InChI=1S/C15H19FN6O2S/c1-9-7-11(16)14-10(13(9)15(20-17)21-18-2)8-12(19-14)25(23,24)22-5-3-4-6-22/h7-8,17-19H,3-6H2,1-2H3/b20-17?,21-15-. The molecule has 1 fully saturated rings. The maximum atomic E-state index is 14.4. The summed E-state index contributed by atoms with van der Waals surface area (Å²) in [6.45, 7) is 2.58. The van der Waals surface area contributed by atoms with Gasteiger partial charge in [0.15, 0.2) is 0 Å². The molecule has 2 heterocycles. The quantitative estimate of drug-likeness (QED) is 0.334. The Kier molecular flexibility index (Phi) is 4.56. The van der Waals surface area contributed by atoms with E-state index >= 15 is 0 Å². The molecule has 1 saturated heterocycles. The maximum Gasteiger partial charge on any atom is 0.258 e. The Hall–Kier alpha value is -2.33. The Balaban J connectivity index is 2.25. The number of benzene rings is 1. The van der Waals surface area contributed by atoms with E-state index < -0.39 is 15.8 Å². The number of sulfonamides is 1. The molecule has 0 unspecified atom stereocenters. The van der Waals surface area contributed by atoms with E-state index in [1.165, 1.54) is 16.4 Å². The van der Waals surface area contributed by atoms with Crippen molar-refractivity contribution in [3.05, 3.63) is 29.1 Å². The van der Waals surface area contributed by atoms with Crippen LogP contribution >= 0.6 is 0 Å². The molecular weight excluding hydrogens is 347 g/mol. The van der Waals surface area contributed by atoms with Gasteiger partial charge < -0.3 is 10.4 Å². The van der Waals surface area contributed by atoms with Crippen molar-refractivity contribution >= 4 is 26.8 Å². The zero-order valence-electron chi connectivity index (χ0n) is 13.9. The van der Waals surface area contributed by atoms with E-state index in [-0.39, 0.29) is 16.4 Å². The third-order valence-corrected chi connectivity index (χ3v) is 6.09. The molecule has 8 nitrogen and oxygen atoms in total. The van der Waals surface area contributed by atoms with Crippen LogP contribution in [-0.2, 0) is 10.0 Å². The molecule has 10 heteroatoms. The number of hydrazone groups is 1. The molecule has 1 aliphatic heterocycles. The van der Waals surface area contributed by atoms with E-state index in [0.717, 1.165) is 12.8 Å². The Morgan fingerprint density at radius 3 is 2.64 bits per heavy atom. The van der Waals surface area contributed by atoms with Crippen LogP contribution in [0.2, 0.25) is 0 Å². The second kappa shape index (κ2) is 6.52. The monoisotopic (exact) mass is 366 g/mol. The first-order chi connectivity index (χ1) is 11.9. The molecule has 3 N–H and O–H groups in total. The van der Waals surface area contributed by atoms with Gasteiger partial charge in [-0.15, -0.1) is 5.11 Å². The summed E-state index contributed by atoms with van der Waals surface area (Å²) in [5, 5.41) is 7.57. The second-order valence-electron chi connectivity index (χ2n) is 5.85. The predicted molar refractivity (Wildman–Crippen MR) is 91.7 cm³/mol. The average Bonchev–Trinajstić information content (AvgIpc) is 3.24. The van der Waals surface area contributed by atoms with Gasteiger partial charge in [0.2, 0.25) is 5.84 Å². The van der Waals surface area contributed by atoms with Crippen molar-refractivity contribution in [2.75, 3.05) is 20.1 Å². The lowest BCUT2D eigenvalue weighted by atomic mass is 10.0. The number of halogens is 1. The number of fused-ring (bicyclic) bond motifs is 1. The summed E-state index contributed by atoms with van der Waals surface area (Å²) in [7, 11) is -2.16. The Morgan fingerprint density at radius 2 is 2.04 bits per heavy atom. The molecule has 134 valence electrons. The number of rotatable bonds is 4. The fourth-order valence-corrected chi connectivity index (χ4v) is 4.62. The molecule has 0 radical (unpaired) electrons. The molecule has 0 atom stereocenters. The van der Waals surface area contributed by atoms with Crippen LogP contribution in [0.4, 0.5) is 4.39 Å². The van der Waals surface area contributed by atoms with Crippen LogP contribution in [0.5, 0.6) is 0 Å². The average molecular weight is 366 g/mol. The van der Waals surface area contributed by atoms with Crippen molar-refractivity contribution < 1.29 is 12.8 Å². The van der Waals surface area contributed by atoms with E-state index in [9.17, 15) is 12.8 Å². The molecule has 1 aromatic heterocycles. The molecule has 0 bridgehead atoms. The molecule has 3 rings (SSSR count). The summed E-state index contributed by atoms with van der Waals surface area (Å²) in [6.07, 6.45) is 1.63. The topological polar surface area (TPSA) is 114 Å².